The minimum Gasteiger partial charge on any atom is -0.373 e. The van der Waals surface area contributed by atoms with Gasteiger partial charge in [0, 0.05) is 18.7 Å². The van der Waals surface area contributed by atoms with Gasteiger partial charge in [0.05, 0.1) is 0 Å². The zero-order valence-corrected chi connectivity index (χ0v) is 12.4. The topological polar surface area (TPSA) is 49.8 Å². The molecule has 0 aliphatic heterocycles. The first-order valence-electron chi connectivity index (χ1n) is 6.80. The van der Waals surface area contributed by atoms with E-state index in [0.29, 0.717) is 17.9 Å². The molecule has 18 heavy (non-hydrogen) atoms. The van der Waals surface area contributed by atoms with Gasteiger partial charge in [-0.1, -0.05) is 34.1 Å². The Balaban J connectivity index is 3.01. The van der Waals surface area contributed by atoms with Gasteiger partial charge in [-0.2, -0.15) is 0 Å². The quantitative estimate of drug-likeness (QED) is 0.811. The van der Waals surface area contributed by atoms with E-state index in [1.807, 2.05) is 7.05 Å². The van der Waals surface area contributed by atoms with Crippen LogP contribution in [0.2, 0.25) is 0 Å². The summed E-state index contributed by atoms with van der Waals surface area (Å²) in [7, 11) is 1.90. The predicted molar refractivity (Wildman–Crippen MR) is 78.2 cm³/mol. The van der Waals surface area contributed by atoms with Crippen LogP contribution < -0.4 is 10.6 Å². The Morgan fingerprint density at radius 1 is 1.11 bits per heavy atom. The first kappa shape index (κ1) is 14.7. The molecule has 0 aliphatic rings. The second kappa shape index (κ2) is 6.57. The lowest BCUT2D eigenvalue weighted by molar-refractivity contribution is 0.493. The van der Waals surface area contributed by atoms with Crippen molar-refractivity contribution in [1.82, 2.24) is 9.97 Å². The number of anilines is 2. The van der Waals surface area contributed by atoms with Gasteiger partial charge in [-0.15, -0.1) is 0 Å². The van der Waals surface area contributed by atoms with Gasteiger partial charge in [-0.25, -0.2) is 9.97 Å². The Morgan fingerprint density at radius 2 is 1.72 bits per heavy atom. The van der Waals surface area contributed by atoms with Crippen LogP contribution in [0.5, 0.6) is 0 Å². The number of nitrogens with one attached hydrogen (secondary N) is 2. The van der Waals surface area contributed by atoms with E-state index < -0.39 is 0 Å². The van der Waals surface area contributed by atoms with Crippen molar-refractivity contribution in [3.05, 3.63) is 11.9 Å². The monoisotopic (exact) mass is 250 g/mol. The third-order valence-electron chi connectivity index (χ3n) is 3.56. The summed E-state index contributed by atoms with van der Waals surface area (Å²) in [6.07, 6.45) is 2.78. The molecule has 2 atom stereocenters. The standard InChI is InChI=1S/C14H26N4/c1-7-10(4)11(5)18-14-12(9(2)3)13(15-6)16-8-17-14/h8-11H,7H2,1-6H3,(H2,15,16,17,18). The highest BCUT2D eigenvalue weighted by molar-refractivity contribution is 5.59. The molecular formula is C14H26N4. The maximum Gasteiger partial charge on any atom is 0.135 e. The highest BCUT2D eigenvalue weighted by Gasteiger charge is 2.17. The number of rotatable bonds is 6. The Kier molecular flexibility index (Phi) is 5.38. The number of hydrogen-bond donors (Lipinski definition) is 2. The van der Waals surface area contributed by atoms with Crippen LogP contribution in [0.4, 0.5) is 11.6 Å². The normalized spacial score (nSPS) is 14.4. The Hall–Kier alpha value is -1.32. The second-order valence-electron chi connectivity index (χ2n) is 5.21. The summed E-state index contributed by atoms with van der Waals surface area (Å²) in [5.41, 5.74) is 1.16. The van der Waals surface area contributed by atoms with Crippen LogP contribution in [0.15, 0.2) is 6.33 Å². The molecule has 1 heterocycles. The summed E-state index contributed by atoms with van der Waals surface area (Å²) >= 11 is 0. The average Bonchev–Trinajstić information content (AvgIpc) is 2.36. The molecule has 0 amide bonds. The van der Waals surface area contributed by atoms with E-state index in [1.165, 1.54) is 0 Å². The number of hydrogen-bond acceptors (Lipinski definition) is 4. The van der Waals surface area contributed by atoms with Gasteiger partial charge in [0.15, 0.2) is 0 Å². The van der Waals surface area contributed by atoms with E-state index in [2.05, 4.69) is 55.2 Å². The molecule has 0 aromatic carbocycles. The van der Waals surface area contributed by atoms with E-state index in [-0.39, 0.29) is 0 Å². The van der Waals surface area contributed by atoms with Crippen LogP contribution in [0, 0.1) is 5.92 Å². The molecule has 0 saturated heterocycles. The smallest absolute Gasteiger partial charge is 0.135 e. The van der Waals surface area contributed by atoms with Gasteiger partial charge in [-0.05, 0) is 18.8 Å². The summed E-state index contributed by atoms with van der Waals surface area (Å²) in [5.74, 6) is 2.88. The summed E-state index contributed by atoms with van der Waals surface area (Å²) in [6, 6.07) is 0.409. The van der Waals surface area contributed by atoms with Crippen molar-refractivity contribution in [2.24, 2.45) is 5.92 Å². The lowest BCUT2D eigenvalue weighted by Gasteiger charge is -2.23. The minimum atomic E-state index is 0.389. The molecule has 4 nitrogen and oxygen atoms in total. The Labute approximate surface area is 111 Å². The zero-order valence-electron chi connectivity index (χ0n) is 12.4. The molecule has 4 heteroatoms. The molecule has 1 rings (SSSR count). The maximum absolute atomic E-state index is 4.40. The first-order chi connectivity index (χ1) is 8.51. The lowest BCUT2D eigenvalue weighted by Crippen LogP contribution is -2.25. The van der Waals surface area contributed by atoms with Gasteiger partial charge in [-0.3, -0.25) is 0 Å². The van der Waals surface area contributed by atoms with Crippen molar-refractivity contribution in [2.75, 3.05) is 17.7 Å². The highest BCUT2D eigenvalue weighted by Crippen LogP contribution is 2.29. The largest absolute Gasteiger partial charge is 0.373 e. The fourth-order valence-electron chi connectivity index (χ4n) is 1.97. The number of aromatic nitrogens is 2. The molecule has 0 radical (unpaired) electrons. The van der Waals surface area contributed by atoms with Crippen LogP contribution in [-0.4, -0.2) is 23.1 Å². The minimum absolute atomic E-state index is 0.389. The van der Waals surface area contributed by atoms with Crippen LogP contribution in [0.25, 0.3) is 0 Å². The van der Waals surface area contributed by atoms with Gasteiger partial charge < -0.3 is 10.6 Å². The van der Waals surface area contributed by atoms with E-state index in [4.69, 9.17) is 0 Å². The van der Waals surface area contributed by atoms with Crippen LogP contribution in [0.3, 0.4) is 0 Å². The molecule has 102 valence electrons. The Bertz CT molecular complexity index is 376. The summed E-state index contributed by atoms with van der Waals surface area (Å²) in [4.78, 5) is 8.69. The second-order valence-corrected chi connectivity index (χ2v) is 5.21. The van der Waals surface area contributed by atoms with Crippen molar-refractivity contribution in [2.45, 2.75) is 53.0 Å². The molecule has 0 spiro atoms. The molecule has 0 bridgehead atoms. The molecule has 2 unspecified atom stereocenters. The van der Waals surface area contributed by atoms with Crippen molar-refractivity contribution in [3.8, 4) is 0 Å². The molecular weight excluding hydrogens is 224 g/mol. The molecule has 1 aromatic rings. The fraction of sp³-hybridized carbons (Fsp3) is 0.714. The van der Waals surface area contributed by atoms with E-state index >= 15 is 0 Å². The van der Waals surface area contributed by atoms with Crippen molar-refractivity contribution in [3.63, 3.8) is 0 Å². The van der Waals surface area contributed by atoms with Crippen LogP contribution in [-0.2, 0) is 0 Å². The van der Waals surface area contributed by atoms with Crippen molar-refractivity contribution < 1.29 is 0 Å². The first-order valence-corrected chi connectivity index (χ1v) is 6.80. The van der Waals surface area contributed by atoms with Gasteiger partial charge in [0.25, 0.3) is 0 Å². The fourth-order valence-corrected chi connectivity index (χ4v) is 1.97. The van der Waals surface area contributed by atoms with Crippen molar-refractivity contribution >= 4 is 11.6 Å². The molecule has 0 saturated carbocycles. The van der Waals surface area contributed by atoms with Gasteiger partial charge in [0.2, 0.25) is 0 Å². The molecule has 1 aromatic heterocycles. The third-order valence-corrected chi connectivity index (χ3v) is 3.56. The van der Waals surface area contributed by atoms with E-state index in [1.54, 1.807) is 6.33 Å². The van der Waals surface area contributed by atoms with Crippen molar-refractivity contribution in [1.29, 1.82) is 0 Å². The summed E-state index contributed by atoms with van der Waals surface area (Å²) in [6.45, 7) is 11.0. The summed E-state index contributed by atoms with van der Waals surface area (Å²) in [5, 5.41) is 6.67. The zero-order chi connectivity index (χ0) is 13.7. The van der Waals surface area contributed by atoms with Crippen LogP contribution >= 0.6 is 0 Å². The lowest BCUT2D eigenvalue weighted by atomic mass is 9.99. The Morgan fingerprint density at radius 3 is 2.22 bits per heavy atom. The van der Waals surface area contributed by atoms with Gasteiger partial charge in [0.1, 0.15) is 18.0 Å². The highest BCUT2D eigenvalue weighted by atomic mass is 15.1. The maximum atomic E-state index is 4.40. The SMILES string of the molecule is CCC(C)C(C)Nc1ncnc(NC)c1C(C)C. The van der Waals surface area contributed by atoms with E-state index in [9.17, 15) is 0 Å². The van der Waals surface area contributed by atoms with Crippen LogP contribution in [0.1, 0.15) is 52.5 Å². The third kappa shape index (κ3) is 3.34. The van der Waals surface area contributed by atoms with E-state index in [0.717, 1.165) is 23.6 Å². The summed E-state index contributed by atoms with van der Waals surface area (Å²) < 4.78 is 0. The number of nitrogens with zero attached hydrogens (tertiary/aromatic N) is 2. The molecule has 2 N–H and O–H groups in total. The predicted octanol–water partition coefficient (Wildman–Crippen LogP) is 3.49. The average molecular weight is 250 g/mol. The molecule has 0 aliphatic carbocycles. The molecule has 0 fully saturated rings. The van der Waals surface area contributed by atoms with Gasteiger partial charge >= 0.3 is 0 Å².